The van der Waals surface area contributed by atoms with Gasteiger partial charge in [-0.2, -0.15) is 0 Å². The van der Waals surface area contributed by atoms with Crippen molar-refractivity contribution in [3.05, 3.63) is 0 Å². The average molecular weight is 835 g/mol. The largest absolute Gasteiger partial charge is 0.481 e. The van der Waals surface area contributed by atoms with Crippen LogP contribution in [0.2, 0.25) is 0 Å². The first-order valence-electron chi connectivity index (χ1n) is 21.5. The van der Waals surface area contributed by atoms with Crippen LogP contribution in [0.15, 0.2) is 0 Å². The van der Waals surface area contributed by atoms with Crippen LogP contribution in [0.5, 0.6) is 0 Å². The lowest BCUT2D eigenvalue weighted by Crippen LogP contribution is -2.35. The SMILES string of the molecule is CC(C)(C)CCC1CC(C)(C)CC(=O)O1.CC(C)(C)CCC1CC(O)CC(=O)O1.CC(C)CCC(O)CC(C)(O)CC(=O)O.CC(C)CCC(O)CC(O)CC(=O)O. The first-order chi connectivity index (χ1) is 26.2. The predicted octanol–water partition coefficient (Wildman–Crippen LogP) is 7.83. The number of carboxylic acid groups (broad SMARTS) is 2. The van der Waals surface area contributed by atoms with Gasteiger partial charge in [0.1, 0.15) is 12.2 Å². The van der Waals surface area contributed by atoms with E-state index in [0.717, 1.165) is 44.9 Å². The highest BCUT2D eigenvalue weighted by molar-refractivity contribution is 5.71. The van der Waals surface area contributed by atoms with E-state index < -0.39 is 42.0 Å². The Balaban J connectivity index is 0. The van der Waals surface area contributed by atoms with Crippen LogP contribution in [0.25, 0.3) is 0 Å². The number of rotatable bonds is 18. The monoisotopic (exact) mass is 835 g/mol. The molecular weight excluding hydrogens is 748 g/mol. The van der Waals surface area contributed by atoms with Crippen molar-refractivity contribution in [2.24, 2.45) is 28.1 Å². The summed E-state index contributed by atoms with van der Waals surface area (Å²) in [5.74, 6) is -1.34. The molecule has 0 aliphatic carbocycles. The molecule has 2 saturated heterocycles. The van der Waals surface area contributed by atoms with Gasteiger partial charge in [0.15, 0.2) is 0 Å². The highest BCUT2D eigenvalue weighted by atomic mass is 16.6. The third kappa shape index (κ3) is 36.7. The Bertz CT molecular complexity index is 1170. The van der Waals surface area contributed by atoms with Gasteiger partial charge in [-0.25, -0.2) is 0 Å². The Morgan fingerprint density at radius 3 is 1.60 bits per heavy atom. The quantitative estimate of drug-likeness (QED) is 0.0654. The highest BCUT2D eigenvalue weighted by Gasteiger charge is 2.34. The molecule has 2 aliphatic rings. The summed E-state index contributed by atoms with van der Waals surface area (Å²) >= 11 is 0. The number of cyclic esters (lactones) is 2. The zero-order chi connectivity index (χ0) is 45.7. The summed E-state index contributed by atoms with van der Waals surface area (Å²) < 4.78 is 10.5. The molecular formula is C45H86O13. The number of carboxylic acids is 2. The van der Waals surface area contributed by atoms with E-state index >= 15 is 0 Å². The number of aliphatic hydroxyl groups is 5. The fourth-order valence-electron chi connectivity index (χ4n) is 6.51. The molecule has 0 aromatic carbocycles. The number of aliphatic carboxylic acids is 2. The van der Waals surface area contributed by atoms with Gasteiger partial charge in [0.2, 0.25) is 0 Å². The van der Waals surface area contributed by atoms with Crippen LogP contribution in [0.1, 0.15) is 193 Å². The van der Waals surface area contributed by atoms with E-state index in [1.54, 1.807) is 0 Å². The minimum atomic E-state index is -1.32. The Morgan fingerprint density at radius 1 is 0.724 bits per heavy atom. The molecule has 2 fully saturated rings. The molecule has 344 valence electrons. The van der Waals surface area contributed by atoms with Gasteiger partial charge in [0.05, 0.1) is 55.7 Å². The lowest BCUT2D eigenvalue weighted by Gasteiger charge is -2.35. The third-order valence-electron chi connectivity index (χ3n) is 9.69. The van der Waals surface area contributed by atoms with E-state index in [2.05, 4.69) is 83.1 Å². The lowest BCUT2D eigenvalue weighted by molar-refractivity contribution is -0.162. The van der Waals surface area contributed by atoms with Gasteiger partial charge in [0, 0.05) is 12.8 Å². The van der Waals surface area contributed by atoms with Gasteiger partial charge in [-0.05, 0) is 99.2 Å². The van der Waals surface area contributed by atoms with Crippen LogP contribution in [-0.4, -0.2) is 102 Å². The molecule has 0 amide bonds. The number of carbonyl (C=O) groups is 4. The lowest BCUT2D eigenvalue weighted by atomic mass is 9.79. The first kappa shape index (κ1) is 57.8. The summed E-state index contributed by atoms with van der Waals surface area (Å²) in [5.41, 5.74) is -0.608. The molecule has 0 radical (unpaired) electrons. The minimum absolute atomic E-state index is 0.0230. The van der Waals surface area contributed by atoms with Crippen molar-refractivity contribution in [2.75, 3.05) is 0 Å². The van der Waals surface area contributed by atoms with Crippen molar-refractivity contribution in [3.8, 4) is 0 Å². The van der Waals surface area contributed by atoms with Crippen molar-refractivity contribution in [1.29, 1.82) is 0 Å². The maximum absolute atomic E-state index is 11.4. The standard InChI is InChI=1S/C13H24O2.C11H22O4.C11H20O3.C10H20O4/c1-12(2,3)7-6-10-8-13(4,5)9-11(14)15-10;1-8(2)4-5-9(12)6-11(3,15)7-10(13)14;1-11(2,3)5-4-9-6-8(12)7-10(13)14-9;1-7(2)3-4-8(11)5-9(12)6-10(13)14/h10H,6-9H2,1-5H3;8-9,12,15H,4-7H2,1-3H3,(H,13,14);8-9,12H,4-7H2,1-3H3;7-9,11-12H,3-6H2,1-2H3,(H,13,14). The van der Waals surface area contributed by atoms with Crippen LogP contribution in [0.4, 0.5) is 0 Å². The number of esters is 2. The summed E-state index contributed by atoms with van der Waals surface area (Å²) in [6, 6.07) is 0. The Labute approximate surface area is 350 Å². The molecule has 0 aromatic rings. The Kier molecular flexibility index (Phi) is 27.4. The van der Waals surface area contributed by atoms with Crippen molar-refractivity contribution in [3.63, 3.8) is 0 Å². The van der Waals surface area contributed by atoms with Crippen LogP contribution in [0, 0.1) is 28.1 Å². The molecule has 0 spiro atoms. The predicted molar refractivity (Wildman–Crippen MR) is 226 cm³/mol. The summed E-state index contributed by atoms with van der Waals surface area (Å²) in [5, 5.41) is 64.2. The number of hydrogen-bond acceptors (Lipinski definition) is 11. The van der Waals surface area contributed by atoms with Crippen LogP contribution in [0.3, 0.4) is 0 Å². The van der Waals surface area contributed by atoms with Gasteiger partial charge >= 0.3 is 23.9 Å². The normalized spacial score (nSPS) is 22.0. The van der Waals surface area contributed by atoms with Crippen LogP contribution < -0.4 is 0 Å². The third-order valence-corrected chi connectivity index (χ3v) is 9.69. The smallest absolute Gasteiger partial charge is 0.308 e. The molecule has 58 heavy (non-hydrogen) atoms. The number of carbonyl (C=O) groups excluding carboxylic acids is 2. The second-order valence-corrected chi connectivity index (χ2v) is 21.1. The zero-order valence-electron chi connectivity index (χ0n) is 38.5. The van der Waals surface area contributed by atoms with E-state index in [0.29, 0.717) is 42.9 Å². The van der Waals surface area contributed by atoms with E-state index in [1.165, 1.54) is 6.92 Å². The molecule has 7 N–H and O–H groups in total. The maximum atomic E-state index is 11.4. The zero-order valence-corrected chi connectivity index (χ0v) is 38.5. The van der Waals surface area contributed by atoms with Gasteiger partial charge in [-0.15, -0.1) is 0 Å². The summed E-state index contributed by atoms with van der Waals surface area (Å²) in [6.07, 6.45) is 6.36. The van der Waals surface area contributed by atoms with E-state index in [9.17, 15) is 44.7 Å². The van der Waals surface area contributed by atoms with Gasteiger partial charge in [0.25, 0.3) is 0 Å². The molecule has 13 nitrogen and oxygen atoms in total. The van der Waals surface area contributed by atoms with Crippen molar-refractivity contribution in [1.82, 2.24) is 0 Å². The van der Waals surface area contributed by atoms with Crippen LogP contribution >= 0.6 is 0 Å². The molecule has 2 aliphatic heterocycles. The molecule has 7 atom stereocenters. The average Bonchev–Trinajstić information content (AvgIpc) is 2.98. The van der Waals surface area contributed by atoms with E-state index in [-0.39, 0.29) is 67.1 Å². The highest BCUT2D eigenvalue weighted by Crippen LogP contribution is 2.36. The molecule has 2 heterocycles. The fraction of sp³-hybridized carbons (Fsp3) is 0.911. The Hall–Kier alpha value is -2.32. The first-order valence-corrected chi connectivity index (χ1v) is 21.5. The Morgan fingerprint density at radius 2 is 1.19 bits per heavy atom. The maximum Gasteiger partial charge on any atom is 0.308 e. The summed E-state index contributed by atoms with van der Waals surface area (Å²) in [7, 11) is 0. The molecule has 2 rings (SSSR count). The number of hydrogen-bond donors (Lipinski definition) is 7. The second kappa shape index (κ2) is 27.5. The van der Waals surface area contributed by atoms with Crippen molar-refractivity contribution < 1.29 is 64.4 Å². The number of aliphatic hydroxyl groups excluding tert-OH is 4. The van der Waals surface area contributed by atoms with Gasteiger partial charge < -0.3 is 45.2 Å². The van der Waals surface area contributed by atoms with Gasteiger partial charge in [-0.1, -0.05) is 83.1 Å². The van der Waals surface area contributed by atoms with E-state index in [1.807, 2.05) is 0 Å². The summed E-state index contributed by atoms with van der Waals surface area (Å²) in [4.78, 5) is 43.1. The van der Waals surface area contributed by atoms with Crippen molar-refractivity contribution >= 4 is 23.9 Å². The molecule has 0 aromatic heterocycles. The topological polar surface area (TPSA) is 228 Å². The number of ether oxygens (including phenoxy) is 2. The summed E-state index contributed by atoms with van der Waals surface area (Å²) in [6.45, 7) is 27.1. The fourth-order valence-corrected chi connectivity index (χ4v) is 6.51. The molecule has 0 saturated carbocycles. The minimum Gasteiger partial charge on any atom is -0.481 e. The molecule has 13 heteroatoms. The second-order valence-electron chi connectivity index (χ2n) is 21.1. The molecule has 0 bridgehead atoms. The van der Waals surface area contributed by atoms with E-state index in [4.69, 9.17) is 19.7 Å². The molecule has 7 unspecified atom stereocenters. The van der Waals surface area contributed by atoms with Gasteiger partial charge in [-0.3, -0.25) is 19.2 Å². The van der Waals surface area contributed by atoms with Crippen molar-refractivity contribution in [2.45, 2.75) is 235 Å². The van der Waals surface area contributed by atoms with Crippen LogP contribution in [-0.2, 0) is 28.7 Å².